The van der Waals surface area contributed by atoms with Crippen LogP contribution >= 0.6 is 0 Å². The minimum atomic E-state index is -4.59. The van der Waals surface area contributed by atoms with Gasteiger partial charge in [-0.3, -0.25) is 0 Å². The topological polar surface area (TPSA) is 63.4 Å². The summed E-state index contributed by atoms with van der Waals surface area (Å²) in [5, 5.41) is 0. The van der Waals surface area contributed by atoms with Crippen LogP contribution in [0.1, 0.15) is 5.56 Å². The Morgan fingerprint density at radius 1 is 1.33 bits per heavy atom. The van der Waals surface area contributed by atoms with Crippen LogP contribution < -0.4 is 5.73 Å². The molecule has 4 nitrogen and oxygen atoms in total. The Labute approximate surface area is 103 Å². The van der Waals surface area contributed by atoms with E-state index in [0.717, 1.165) is 13.1 Å². The first-order valence-electron chi connectivity index (χ1n) is 4.93. The summed E-state index contributed by atoms with van der Waals surface area (Å²) < 4.78 is 60.8. The summed E-state index contributed by atoms with van der Waals surface area (Å²) in [4.78, 5) is -0.214. The van der Waals surface area contributed by atoms with Crippen LogP contribution in [0.3, 0.4) is 0 Å². The molecule has 0 bridgehead atoms. The van der Waals surface area contributed by atoms with E-state index in [9.17, 15) is 21.6 Å². The van der Waals surface area contributed by atoms with Crippen LogP contribution in [0, 0.1) is 6.92 Å². The predicted octanol–water partition coefficient (Wildman–Crippen LogP) is 1.76. The number of anilines is 1. The number of aryl methyl sites for hydroxylation is 1. The second-order valence-electron chi connectivity index (χ2n) is 3.90. The number of hydrogen-bond donors (Lipinski definition) is 1. The van der Waals surface area contributed by atoms with Gasteiger partial charge in [-0.1, -0.05) is 6.07 Å². The molecular weight excluding hydrogens is 269 g/mol. The maximum absolute atomic E-state index is 12.2. The highest BCUT2D eigenvalue weighted by molar-refractivity contribution is 7.89. The molecule has 0 atom stereocenters. The summed E-state index contributed by atoms with van der Waals surface area (Å²) in [7, 11) is -3.31. The molecule has 2 N–H and O–H groups in total. The van der Waals surface area contributed by atoms with Crippen LogP contribution in [0.15, 0.2) is 23.1 Å². The summed E-state index contributed by atoms with van der Waals surface area (Å²) in [6.07, 6.45) is -4.59. The minimum absolute atomic E-state index is 0.180. The Morgan fingerprint density at radius 3 is 2.39 bits per heavy atom. The molecule has 0 aliphatic carbocycles. The van der Waals surface area contributed by atoms with Gasteiger partial charge in [0.15, 0.2) is 0 Å². The van der Waals surface area contributed by atoms with Crippen molar-refractivity contribution in [2.24, 2.45) is 0 Å². The summed E-state index contributed by atoms with van der Waals surface area (Å²) in [6.45, 7) is -0.0443. The van der Waals surface area contributed by atoms with Crippen LogP contribution in [-0.4, -0.2) is 32.5 Å². The van der Waals surface area contributed by atoms with Crippen molar-refractivity contribution in [1.29, 1.82) is 0 Å². The third-order valence-corrected chi connectivity index (χ3v) is 4.25. The normalized spacial score (nSPS) is 13.0. The fraction of sp³-hybridized carbons (Fsp3) is 0.400. The number of sulfonamides is 1. The Balaban J connectivity index is 3.17. The van der Waals surface area contributed by atoms with E-state index in [0.29, 0.717) is 5.56 Å². The zero-order chi connectivity index (χ0) is 14.1. The van der Waals surface area contributed by atoms with E-state index in [4.69, 9.17) is 5.73 Å². The Bertz CT molecular complexity index is 541. The van der Waals surface area contributed by atoms with Crippen molar-refractivity contribution in [3.63, 3.8) is 0 Å². The lowest BCUT2D eigenvalue weighted by molar-refractivity contribution is -0.134. The molecule has 0 fully saturated rings. The zero-order valence-electron chi connectivity index (χ0n) is 9.82. The Kier molecular flexibility index (Phi) is 3.92. The van der Waals surface area contributed by atoms with Crippen LogP contribution in [-0.2, 0) is 10.0 Å². The van der Waals surface area contributed by atoms with Crippen molar-refractivity contribution in [3.8, 4) is 0 Å². The first kappa shape index (κ1) is 14.8. The van der Waals surface area contributed by atoms with Gasteiger partial charge in [-0.05, 0) is 24.6 Å². The molecule has 0 saturated heterocycles. The van der Waals surface area contributed by atoms with Gasteiger partial charge in [0.1, 0.15) is 6.54 Å². The van der Waals surface area contributed by atoms with Gasteiger partial charge in [-0.25, -0.2) is 8.42 Å². The van der Waals surface area contributed by atoms with Crippen LogP contribution in [0.5, 0.6) is 0 Å². The van der Waals surface area contributed by atoms with E-state index in [1.54, 1.807) is 0 Å². The van der Waals surface area contributed by atoms with E-state index in [1.807, 2.05) is 0 Å². The molecule has 0 saturated carbocycles. The second kappa shape index (κ2) is 4.77. The van der Waals surface area contributed by atoms with Crippen LogP contribution in [0.4, 0.5) is 18.9 Å². The van der Waals surface area contributed by atoms with Crippen LogP contribution in [0.25, 0.3) is 0 Å². The summed E-state index contributed by atoms with van der Waals surface area (Å²) in [5.41, 5.74) is 5.97. The quantitative estimate of drug-likeness (QED) is 0.859. The number of rotatable bonds is 3. The van der Waals surface area contributed by atoms with Crippen molar-refractivity contribution in [3.05, 3.63) is 23.8 Å². The highest BCUT2D eigenvalue weighted by Gasteiger charge is 2.35. The zero-order valence-corrected chi connectivity index (χ0v) is 10.6. The lowest BCUT2D eigenvalue weighted by Gasteiger charge is -2.20. The van der Waals surface area contributed by atoms with Gasteiger partial charge in [0.2, 0.25) is 10.0 Å². The van der Waals surface area contributed by atoms with E-state index in [2.05, 4.69) is 0 Å². The van der Waals surface area contributed by atoms with Crippen molar-refractivity contribution in [1.82, 2.24) is 4.31 Å². The predicted molar refractivity (Wildman–Crippen MR) is 61.5 cm³/mol. The molecular formula is C10H13F3N2O2S. The molecule has 0 aromatic heterocycles. The molecule has 0 radical (unpaired) electrons. The number of nitrogens with two attached hydrogens (primary N) is 1. The summed E-state index contributed by atoms with van der Waals surface area (Å²) >= 11 is 0. The monoisotopic (exact) mass is 282 g/mol. The standard InChI is InChI=1S/C10H13F3N2O2S/c1-7-3-4-8(14)5-9(7)18(16,17)15(2)6-10(11,12)13/h3-5H,6,14H2,1-2H3. The molecule has 0 aliphatic heterocycles. The number of benzene rings is 1. The Hall–Kier alpha value is -1.28. The number of nitrogen functional groups attached to an aromatic ring is 1. The fourth-order valence-corrected chi connectivity index (χ4v) is 2.81. The first-order chi connectivity index (χ1) is 8.04. The van der Waals surface area contributed by atoms with Gasteiger partial charge in [0.25, 0.3) is 0 Å². The largest absolute Gasteiger partial charge is 0.402 e. The number of halogens is 3. The van der Waals surface area contributed by atoms with E-state index < -0.39 is 22.7 Å². The number of alkyl halides is 3. The minimum Gasteiger partial charge on any atom is -0.399 e. The lowest BCUT2D eigenvalue weighted by atomic mass is 10.2. The molecule has 0 spiro atoms. The molecule has 0 unspecified atom stereocenters. The van der Waals surface area contributed by atoms with Crippen molar-refractivity contribution in [2.45, 2.75) is 18.0 Å². The SMILES string of the molecule is Cc1ccc(N)cc1S(=O)(=O)N(C)CC(F)(F)F. The van der Waals surface area contributed by atoms with Crippen molar-refractivity contribution in [2.75, 3.05) is 19.3 Å². The van der Waals surface area contributed by atoms with Crippen molar-refractivity contribution < 1.29 is 21.6 Å². The molecule has 8 heteroatoms. The average Bonchev–Trinajstić information content (AvgIpc) is 2.19. The number of hydrogen-bond acceptors (Lipinski definition) is 3. The molecule has 0 amide bonds. The van der Waals surface area contributed by atoms with E-state index in [1.165, 1.54) is 19.1 Å². The van der Waals surface area contributed by atoms with Gasteiger partial charge in [-0.2, -0.15) is 17.5 Å². The van der Waals surface area contributed by atoms with E-state index >= 15 is 0 Å². The van der Waals surface area contributed by atoms with Gasteiger partial charge >= 0.3 is 6.18 Å². The molecule has 0 aliphatic rings. The van der Waals surface area contributed by atoms with Gasteiger partial charge in [0, 0.05) is 12.7 Å². The molecule has 102 valence electrons. The fourth-order valence-electron chi connectivity index (χ4n) is 1.40. The van der Waals surface area contributed by atoms with E-state index in [-0.39, 0.29) is 14.9 Å². The maximum atomic E-state index is 12.2. The third kappa shape index (κ3) is 3.36. The second-order valence-corrected chi connectivity index (χ2v) is 5.91. The maximum Gasteiger partial charge on any atom is 0.402 e. The first-order valence-corrected chi connectivity index (χ1v) is 6.37. The van der Waals surface area contributed by atoms with Gasteiger partial charge in [0.05, 0.1) is 4.90 Å². The summed E-state index contributed by atoms with van der Waals surface area (Å²) in [5.74, 6) is 0. The lowest BCUT2D eigenvalue weighted by Crippen LogP contribution is -2.36. The average molecular weight is 282 g/mol. The number of nitrogens with zero attached hydrogens (tertiary/aromatic N) is 1. The Morgan fingerprint density at radius 2 is 1.89 bits per heavy atom. The van der Waals surface area contributed by atoms with Crippen LogP contribution in [0.2, 0.25) is 0 Å². The molecule has 1 rings (SSSR count). The molecule has 1 aromatic carbocycles. The van der Waals surface area contributed by atoms with Gasteiger partial charge < -0.3 is 5.73 Å². The molecule has 1 aromatic rings. The highest BCUT2D eigenvalue weighted by Crippen LogP contribution is 2.24. The molecule has 0 heterocycles. The highest BCUT2D eigenvalue weighted by atomic mass is 32.2. The van der Waals surface area contributed by atoms with Crippen molar-refractivity contribution >= 4 is 15.7 Å². The van der Waals surface area contributed by atoms with Gasteiger partial charge in [-0.15, -0.1) is 0 Å². The third-order valence-electron chi connectivity index (χ3n) is 2.30. The smallest absolute Gasteiger partial charge is 0.399 e. The summed E-state index contributed by atoms with van der Waals surface area (Å²) in [6, 6.07) is 4.08. The molecule has 18 heavy (non-hydrogen) atoms.